The Morgan fingerprint density at radius 1 is 0.881 bits per heavy atom. The van der Waals surface area contributed by atoms with Gasteiger partial charge in [0.25, 0.3) is 0 Å². The molecular weight excluding hydrogens is 534 g/mol. The van der Waals surface area contributed by atoms with E-state index < -0.39 is 17.2 Å². The second kappa shape index (κ2) is 13.2. The predicted octanol–water partition coefficient (Wildman–Crippen LogP) is 5.55. The Kier molecular flexibility index (Phi) is 9.02. The van der Waals surface area contributed by atoms with Gasteiger partial charge in [0, 0.05) is 35.8 Å². The third-order valence-corrected chi connectivity index (χ3v) is 6.71. The summed E-state index contributed by atoms with van der Waals surface area (Å²) >= 11 is 0. The molecule has 42 heavy (non-hydrogen) atoms. The minimum absolute atomic E-state index is 0.00679. The molecule has 0 radical (unpaired) electrons. The highest BCUT2D eigenvalue weighted by Crippen LogP contribution is 2.28. The zero-order chi connectivity index (χ0) is 29.4. The number of rotatable bonds is 10. The van der Waals surface area contributed by atoms with Crippen molar-refractivity contribution >= 4 is 0 Å². The number of likely N-dealkylation sites (N-methyl/N-ethyl adjacent to an activating group) is 1. The maximum Gasteiger partial charge on any atom is 0.137 e. The molecule has 1 aromatic heterocycles. The largest absolute Gasteiger partial charge is 0.489 e. The van der Waals surface area contributed by atoms with Gasteiger partial charge in [0.1, 0.15) is 42.2 Å². The van der Waals surface area contributed by atoms with Crippen LogP contribution in [0.3, 0.4) is 0 Å². The van der Waals surface area contributed by atoms with Crippen LogP contribution in [-0.2, 0) is 25.3 Å². The van der Waals surface area contributed by atoms with Crippen LogP contribution >= 0.6 is 0 Å². The van der Waals surface area contributed by atoms with Gasteiger partial charge in [-0.1, -0.05) is 60.4 Å². The van der Waals surface area contributed by atoms with Crippen molar-refractivity contribution in [3.8, 4) is 17.6 Å². The smallest absolute Gasteiger partial charge is 0.137 e. The molecule has 1 N–H and O–H groups in total. The Balaban J connectivity index is 1.20. The third kappa shape index (κ3) is 7.67. The molecule has 0 aliphatic heterocycles. The summed E-state index contributed by atoms with van der Waals surface area (Å²) in [6.45, 7) is 1.02. The van der Waals surface area contributed by atoms with Crippen molar-refractivity contribution < 1.29 is 18.6 Å². The molecule has 4 aromatic carbocycles. The first kappa shape index (κ1) is 28.7. The normalized spacial score (nSPS) is 12.4. The summed E-state index contributed by atoms with van der Waals surface area (Å²) in [5.74, 6) is 5.62. The zero-order valence-electron chi connectivity index (χ0n) is 23.1. The van der Waals surface area contributed by atoms with Crippen LogP contribution in [0.25, 0.3) is 0 Å². The van der Waals surface area contributed by atoms with Gasteiger partial charge in [-0.3, -0.25) is 4.90 Å². The fourth-order valence-corrected chi connectivity index (χ4v) is 4.70. The molecule has 1 atom stereocenters. The van der Waals surface area contributed by atoms with Crippen molar-refractivity contribution in [1.29, 1.82) is 0 Å². The Hall–Kier alpha value is -4.84. The summed E-state index contributed by atoms with van der Waals surface area (Å²) in [6, 6.07) is 28.7. The third-order valence-electron chi connectivity index (χ3n) is 6.71. The number of aliphatic hydroxyl groups is 1. The van der Waals surface area contributed by atoms with Crippen molar-refractivity contribution in [2.24, 2.45) is 0 Å². The van der Waals surface area contributed by atoms with Crippen LogP contribution < -0.4 is 4.74 Å². The van der Waals surface area contributed by atoms with E-state index >= 15 is 0 Å². The highest BCUT2D eigenvalue weighted by Gasteiger charge is 2.34. The van der Waals surface area contributed by atoms with Crippen LogP contribution in [0, 0.1) is 23.5 Å². The molecule has 0 saturated carbocycles. The van der Waals surface area contributed by atoms with E-state index in [9.17, 15) is 13.9 Å². The van der Waals surface area contributed by atoms with Gasteiger partial charge in [0.05, 0.1) is 6.54 Å². The fourth-order valence-electron chi connectivity index (χ4n) is 4.70. The second-order valence-corrected chi connectivity index (χ2v) is 10.2. The van der Waals surface area contributed by atoms with Crippen LogP contribution in [0.2, 0.25) is 0 Å². The average Bonchev–Trinajstić information content (AvgIpc) is 3.49. The molecule has 0 fully saturated rings. The molecule has 0 saturated heterocycles. The monoisotopic (exact) mass is 564 g/mol. The molecule has 212 valence electrons. The van der Waals surface area contributed by atoms with Crippen molar-refractivity contribution in [2.75, 3.05) is 13.6 Å². The molecule has 5 aromatic rings. The first-order chi connectivity index (χ1) is 20.4. The topological polar surface area (TPSA) is 63.4 Å². The Morgan fingerprint density at radius 3 is 2.21 bits per heavy atom. The van der Waals surface area contributed by atoms with Crippen LogP contribution in [-0.4, -0.2) is 38.4 Å². The molecule has 8 heteroatoms. The van der Waals surface area contributed by atoms with Crippen molar-refractivity contribution in [1.82, 2.24) is 19.7 Å². The number of benzene rings is 4. The Morgan fingerprint density at radius 2 is 1.57 bits per heavy atom. The van der Waals surface area contributed by atoms with E-state index in [4.69, 9.17) is 4.74 Å². The number of aromatic nitrogens is 3. The highest BCUT2D eigenvalue weighted by molar-refractivity contribution is 5.45. The lowest BCUT2D eigenvalue weighted by Crippen LogP contribution is -2.43. The summed E-state index contributed by atoms with van der Waals surface area (Å²) < 4.78 is 35.6. The molecule has 6 nitrogen and oxygen atoms in total. The van der Waals surface area contributed by atoms with Gasteiger partial charge in [-0.25, -0.2) is 18.4 Å². The molecule has 0 amide bonds. The van der Waals surface area contributed by atoms with E-state index in [1.807, 2.05) is 90.8 Å². The lowest BCUT2D eigenvalue weighted by Gasteiger charge is -2.33. The van der Waals surface area contributed by atoms with Crippen LogP contribution in [0.5, 0.6) is 5.75 Å². The number of halogens is 2. The van der Waals surface area contributed by atoms with Gasteiger partial charge in [-0.15, -0.1) is 0 Å². The Bertz CT molecular complexity index is 1650. The van der Waals surface area contributed by atoms with Crippen LogP contribution in [0.15, 0.2) is 110 Å². The molecule has 5 rings (SSSR count). The highest BCUT2D eigenvalue weighted by atomic mass is 19.1. The number of ether oxygens (including phenoxy) is 1. The summed E-state index contributed by atoms with van der Waals surface area (Å²) in [4.78, 5) is 5.78. The maximum absolute atomic E-state index is 14.7. The standard InChI is InChI=1S/C34H30F2N4O2/c1-39(22-34(41,23-40-25-37-24-38-40)32-18-15-30(35)19-33(32)36)20-28-11-9-26(10-12-28)7-8-27-13-16-31(17-14-27)42-21-29-5-3-2-4-6-29/h2-6,9-19,24-25,41H,20-23H2,1H3. The average molecular weight is 565 g/mol. The quantitative estimate of drug-likeness (QED) is 0.225. The molecule has 0 spiro atoms. The molecule has 0 aliphatic carbocycles. The summed E-state index contributed by atoms with van der Waals surface area (Å²) in [5.41, 5.74) is 2.17. The van der Waals surface area contributed by atoms with Gasteiger partial charge >= 0.3 is 0 Å². The first-order valence-electron chi connectivity index (χ1n) is 13.4. The second-order valence-electron chi connectivity index (χ2n) is 10.2. The van der Waals surface area contributed by atoms with E-state index in [2.05, 4.69) is 21.9 Å². The SMILES string of the molecule is CN(Cc1ccc(C#Cc2ccc(OCc3ccccc3)cc2)cc1)CC(O)(Cn1cncn1)c1ccc(F)cc1F. The predicted molar refractivity (Wildman–Crippen MR) is 156 cm³/mol. The number of nitrogens with zero attached hydrogens (tertiary/aromatic N) is 4. The lowest BCUT2D eigenvalue weighted by molar-refractivity contribution is -0.0175. The van der Waals surface area contributed by atoms with Gasteiger partial charge in [0.15, 0.2) is 0 Å². The summed E-state index contributed by atoms with van der Waals surface area (Å²) in [5, 5.41) is 15.6. The first-order valence-corrected chi connectivity index (χ1v) is 13.4. The minimum atomic E-state index is -1.67. The minimum Gasteiger partial charge on any atom is -0.489 e. The van der Waals surface area contributed by atoms with Crippen LogP contribution in [0.1, 0.15) is 27.8 Å². The van der Waals surface area contributed by atoms with E-state index in [0.29, 0.717) is 13.2 Å². The molecule has 0 bridgehead atoms. The lowest BCUT2D eigenvalue weighted by atomic mass is 9.92. The van der Waals surface area contributed by atoms with Crippen molar-refractivity contribution in [3.05, 3.63) is 149 Å². The maximum atomic E-state index is 14.7. The molecule has 1 unspecified atom stereocenters. The van der Waals surface area contributed by atoms with E-state index in [-0.39, 0.29) is 18.7 Å². The number of hydrogen-bond acceptors (Lipinski definition) is 5. The zero-order valence-corrected chi connectivity index (χ0v) is 23.1. The number of hydrogen-bond donors (Lipinski definition) is 1. The van der Waals surface area contributed by atoms with Gasteiger partial charge in [-0.2, -0.15) is 5.10 Å². The van der Waals surface area contributed by atoms with Crippen molar-refractivity contribution in [3.63, 3.8) is 0 Å². The fraction of sp³-hybridized carbons (Fsp3) is 0.176. The van der Waals surface area contributed by atoms with Gasteiger partial charge in [-0.05, 0) is 60.6 Å². The van der Waals surface area contributed by atoms with E-state index in [1.165, 1.54) is 23.4 Å². The van der Waals surface area contributed by atoms with Crippen LogP contribution in [0.4, 0.5) is 8.78 Å². The van der Waals surface area contributed by atoms with E-state index in [0.717, 1.165) is 40.1 Å². The summed E-state index contributed by atoms with van der Waals surface area (Å²) in [6.07, 6.45) is 2.78. The molecular formula is C34H30F2N4O2. The summed E-state index contributed by atoms with van der Waals surface area (Å²) in [7, 11) is 1.83. The Labute approximate surface area is 243 Å². The molecule has 1 heterocycles. The van der Waals surface area contributed by atoms with Gasteiger partial charge in [0.2, 0.25) is 0 Å². The van der Waals surface area contributed by atoms with E-state index in [1.54, 1.807) is 0 Å². The van der Waals surface area contributed by atoms with Gasteiger partial charge < -0.3 is 9.84 Å². The van der Waals surface area contributed by atoms with Crippen molar-refractivity contribution in [2.45, 2.75) is 25.3 Å². The molecule has 0 aliphatic rings.